The number of benzene rings is 2. The van der Waals surface area contributed by atoms with Gasteiger partial charge in [-0.15, -0.1) is 0 Å². The number of nitrogens with one attached hydrogen (secondary N) is 1. The molecule has 100 valence electrons. The van der Waals surface area contributed by atoms with Crippen molar-refractivity contribution in [3.05, 3.63) is 64.1 Å². The highest BCUT2D eigenvalue weighted by Gasteiger charge is 2.14. The van der Waals surface area contributed by atoms with Crippen molar-refractivity contribution in [1.29, 1.82) is 0 Å². The van der Waals surface area contributed by atoms with Gasteiger partial charge in [-0.1, -0.05) is 53.5 Å². The molecular weight excluding hydrogens is 281 g/mol. The van der Waals surface area contributed by atoms with Crippen LogP contribution in [0, 0.1) is 0 Å². The van der Waals surface area contributed by atoms with E-state index in [9.17, 15) is 0 Å². The Kier molecular flexibility index (Phi) is 5.08. The van der Waals surface area contributed by atoms with Gasteiger partial charge in [0, 0.05) is 17.6 Å². The second-order valence-corrected chi connectivity index (χ2v) is 4.99. The van der Waals surface area contributed by atoms with Crippen molar-refractivity contribution in [2.45, 2.75) is 6.10 Å². The van der Waals surface area contributed by atoms with Gasteiger partial charge in [-0.2, -0.15) is 0 Å². The lowest BCUT2D eigenvalue weighted by molar-refractivity contribution is 0.205. The van der Waals surface area contributed by atoms with Crippen LogP contribution >= 0.6 is 23.2 Å². The predicted octanol–water partition coefficient (Wildman–Crippen LogP) is 4.33. The van der Waals surface area contributed by atoms with Crippen molar-refractivity contribution in [1.82, 2.24) is 5.32 Å². The van der Waals surface area contributed by atoms with E-state index < -0.39 is 0 Å². The third-order valence-electron chi connectivity index (χ3n) is 2.72. The molecule has 0 aromatic heterocycles. The fraction of sp³-hybridized carbons (Fsp3) is 0.200. The maximum absolute atomic E-state index is 6.12. The SMILES string of the molecule is CNCC(Oc1cc(Cl)ccc1Cl)c1ccccc1. The second-order valence-electron chi connectivity index (χ2n) is 4.15. The summed E-state index contributed by atoms with van der Waals surface area (Å²) in [5.41, 5.74) is 1.09. The highest BCUT2D eigenvalue weighted by atomic mass is 35.5. The lowest BCUT2D eigenvalue weighted by Gasteiger charge is -2.20. The first-order valence-corrected chi connectivity index (χ1v) is 6.77. The van der Waals surface area contributed by atoms with Gasteiger partial charge in [0.1, 0.15) is 11.9 Å². The van der Waals surface area contributed by atoms with Crippen molar-refractivity contribution < 1.29 is 4.74 Å². The molecule has 0 saturated heterocycles. The maximum Gasteiger partial charge on any atom is 0.140 e. The molecule has 1 atom stereocenters. The van der Waals surface area contributed by atoms with Gasteiger partial charge in [-0.3, -0.25) is 0 Å². The Morgan fingerprint density at radius 3 is 2.53 bits per heavy atom. The van der Waals surface area contributed by atoms with Gasteiger partial charge >= 0.3 is 0 Å². The molecule has 0 heterocycles. The van der Waals surface area contributed by atoms with Crippen LogP contribution in [0.5, 0.6) is 5.75 Å². The van der Waals surface area contributed by atoms with E-state index in [0.717, 1.165) is 5.56 Å². The highest BCUT2D eigenvalue weighted by Crippen LogP contribution is 2.31. The summed E-state index contributed by atoms with van der Waals surface area (Å²) < 4.78 is 5.97. The fourth-order valence-electron chi connectivity index (χ4n) is 1.80. The van der Waals surface area contributed by atoms with Crippen molar-refractivity contribution in [2.24, 2.45) is 0 Å². The Bertz CT molecular complexity index is 531. The summed E-state index contributed by atoms with van der Waals surface area (Å²) in [7, 11) is 1.89. The third-order valence-corrected chi connectivity index (χ3v) is 3.27. The van der Waals surface area contributed by atoms with Gasteiger partial charge < -0.3 is 10.1 Å². The molecule has 0 amide bonds. The van der Waals surface area contributed by atoms with Crippen LogP contribution in [0.25, 0.3) is 0 Å². The van der Waals surface area contributed by atoms with Gasteiger partial charge in [0.15, 0.2) is 0 Å². The van der Waals surface area contributed by atoms with Crippen molar-refractivity contribution in [3.8, 4) is 5.75 Å². The van der Waals surface area contributed by atoms with Gasteiger partial charge in [0.2, 0.25) is 0 Å². The van der Waals surface area contributed by atoms with E-state index in [2.05, 4.69) is 5.32 Å². The Balaban J connectivity index is 2.24. The molecule has 4 heteroatoms. The first kappa shape index (κ1) is 14.2. The van der Waals surface area contributed by atoms with Crippen molar-refractivity contribution >= 4 is 23.2 Å². The monoisotopic (exact) mass is 295 g/mol. The molecular formula is C15H15Cl2NO. The summed E-state index contributed by atoms with van der Waals surface area (Å²) >= 11 is 12.1. The van der Waals surface area contributed by atoms with E-state index in [4.69, 9.17) is 27.9 Å². The van der Waals surface area contributed by atoms with Gasteiger partial charge in [-0.25, -0.2) is 0 Å². The molecule has 0 aliphatic heterocycles. The summed E-state index contributed by atoms with van der Waals surface area (Å²) in [6, 6.07) is 15.2. The number of hydrogen-bond donors (Lipinski definition) is 1. The molecule has 1 N–H and O–H groups in total. The molecule has 0 fully saturated rings. The molecule has 0 radical (unpaired) electrons. The molecule has 2 rings (SSSR count). The zero-order valence-electron chi connectivity index (χ0n) is 10.6. The maximum atomic E-state index is 6.12. The fourth-order valence-corrected chi connectivity index (χ4v) is 2.13. The standard InChI is InChI=1S/C15H15Cl2NO/c1-18-10-15(11-5-3-2-4-6-11)19-14-9-12(16)7-8-13(14)17/h2-9,15,18H,10H2,1H3. The second kappa shape index (κ2) is 6.80. The van der Waals surface area contributed by atoms with E-state index in [1.165, 1.54) is 0 Å². The largest absolute Gasteiger partial charge is 0.483 e. The van der Waals surface area contributed by atoms with E-state index >= 15 is 0 Å². The quantitative estimate of drug-likeness (QED) is 0.886. The molecule has 0 saturated carbocycles. The molecule has 0 bridgehead atoms. The topological polar surface area (TPSA) is 21.3 Å². The van der Waals surface area contributed by atoms with E-state index in [1.807, 2.05) is 37.4 Å². The minimum absolute atomic E-state index is 0.109. The molecule has 19 heavy (non-hydrogen) atoms. The third kappa shape index (κ3) is 3.87. The minimum atomic E-state index is -0.109. The van der Waals surface area contributed by atoms with Crippen molar-refractivity contribution in [3.63, 3.8) is 0 Å². The Morgan fingerprint density at radius 1 is 1.11 bits per heavy atom. The lowest BCUT2D eigenvalue weighted by Crippen LogP contribution is -2.22. The van der Waals surface area contributed by atoms with Crippen LogP contribution in [0.15, 0.2) is 48.5 Å². The average molecular weight is 296 g/mol. The Labute approximate surface area is 123 Å². The van der Waals surface area contributed by atoms with Crippen LogP contribution in [0.2, 0.25) is 10.0 Å². The minimum Gasteiger partial charge on any atom is -0.483 e. The van der Waals surface area contributed by atoms with Crippen molar-refractivity contribution in [2.75, 3.05) is 13.6 Å². The summed E-state index contributed by atoms with van der Waals surface area (Å²) in [5.74, 6) is 0.596. The Morgan fingerprint density at radius 2 is 1.84 bits per heavy atom. The summed E-state index contributed by atoms with van der Waals surface area (Å²) in [5, 5.41) is 4.28. The molecule has 2 aromatic carbocycles. The number of halogens is 2. The zero-order valence-corrected chi connectivity index (χ0v) is 12.1. The predicted molar refractivity (Wildman–Crippen MR) is 80.2 cm³/mol. The van der Waals surface area contributed by atoms with Gasteiger partial charge in [0.25, 0.3) is 0 Å². The van der Waals surface area contributed by atoms with Crippen LogP contribution in [-0.2, 0) is 0 Å². The van der Waals surface area contributed by atoms with Gasteiger partial charge in [0.05, 0.1) is 5.02 Å². The molecule has 0 aliphatic carbocycles. The van der Waals surface area contributed by atoms with Crippen LogP contribution < -0.4 is 10.1 Å². The first-order valence-electron chi connectivity index (χ1n) is 6.02. The molecule has 2 aromatic rings. The number of ether oxygens (including phenoxy) is 1. The van der Waals surface area contributed by atoms with Crippen LogP contribution in [-0.4, -0.2) is 13.6 Å². The summed E-state index contributed by atoms with van der Waals surface area (Å²) in [6.45, 7) is 0.687. The average Bonchev–Trinajstić information content (AvgIpc) is 2.43. The number of likely N-dealkylation sites (N-methyl/N-ethyl adjacent to an activating group) is 1. The van der Waals surface area contributed by atoms with E-state index in [-0.39, 0.29) is 6.10 Å². The van der Waals surface area contributed by atoms with Crippen LogP contribution in [0.1, 0.15) is 11.7 Å². The molecule has 2 nitrogen and oxygen atoms in total. The first-order chi connectivity index (χ1) is 9.20. The molecule has 1 unspecified atom stereocenters. The highest BCUT2D eigenvalue weighted by molar-refractivity contribution is 6.34. The van der Waals surface area contributed by atoms with E-state index in [0.29, 0.717) is 22.3 Å². The van der Waals surface area contributed by atoms with Crippen LogP contribution in [0.3, 0.4) is 0 Å². The normalized spacial score (nSPS) is 12.2. The molecule has 0 aliphatic rings. The zero-order chi connectivity index (χ0) is 13.7. The number of rotatable bonds is 5. The lowest BCUT2D eigenvalue weighted by atomic mass is 10.1. The summed E-state index contributed by atoms with van der Waals surface area (Å²) in [4.78, 5) is 0. The number of hydrogen-bond acceptors (Lipinski definition) is 2. The Hall–Kier alpha value is -1.22. The molecule has 0 spiro atoms. The van der Waals surface area contributed by atoms with E-state index in [1.54, 1.807) is 18.2 Å². The van der Waals surface area contributed by atoms with Crippen LogP contribution in [0.4, 0.5) is 0 Å². The summed E-state index contributed by atoms with van der Waals surface area (Å²) in [6.07, 6.45) is -0.109. The smallest absolute Gasteiger partial charge is 0.140 e. The van der Waals surface area contributed by atoms with Gasteiger partial charge in [-0.05, 0) is 24.7 Å².